The van der Waals surface area contributed by atoms with Crippen LogP contribution in [0.4, 0.5) is 4.39 Å². The topological polar surface area (TPSA) is 15.3 Å². The molecule has 0 unspecified atom stereocenters. The third kappa shape index (κ3) is 2.30. The van der Waals surface area contributed by atoms with Gasteiger partial charge in [-0.05, 0) is 37.9 Å². The van der Waals surface area contributed by atoms with Gasteiger partial charge in [0.15, 0.2) is 0 Å². The van der Waals surface area contributed by atoms with Crippen LogP contribution in [-0.4, -0.2) is 37.8 Å². The van der Waals surface area contributed by atoms with Crippen LogP contribution in [0.3, 0.4) is 0 Å². The molecular formula is C22H21FN2. The summed E-state index contributed by atoms with van der Waals surface area (Å²) < 4.78 is 14.1. The first-order chi connectivity index (χ1) is 12.4. The third-order valence-corrected chi connectivity index (χ3v) is 5.66. The van der Waals surface area contributed by atoms with Crippen molar-refractivity contribution in [2.24, 2.45) is 0 Å². The second kappa shape index (κ2) is 5.94. The van der Waals surface area contributed by atoms with Crippen molar-refractivity contribution in [1.82, 2.24) is 10.2 Å². The molecule has 1 N–H and O–H groups in total. The summed E-state index contributed by atoms with van der Waals surface area (Å²) in [4.78, 5) is 2.28. The number of hydrogen-bond acceptors (Lipinski definition) is 2. The first-order valence-electron chi connectivity index (χ1n) is 9.04. The average Bonchev–Trinajstić information content (AvgIpc) is 2.68. The van der Waals surface area contributed by atoms with Crippen molar-refractivity contribution in [3.05, 3.63) is 60.2 Å². The summed E-state index contributed by atoms with van der Waals surface area (Å²) in [7, 11) is 0. The van der Waals surface area contributed by atoms with E-state index in [2.05, 4.69) is 64.8 Å². The van der Waals surface area contributed by atoms with Crippen molar-refractivity contribution in [3.63, 3.8) is 0 Å². The van der Waals surface area contributed by atoms with Crippen LogP contribution in [0.25, 0.3) is 32.3 Å². The minimum Gasteiger partial charge on any atom is -0.314 e. The summed E-state index contributed by atoms with van der Waals surface area (Å²) in [5, 5.41) is 10.9. The van der Waals surface area contributed by atoms with Crippen LogP contribution in [0, 0.1) is 0 Å². The van der Waals surface area contributed by atoms with Crippen molar-refractivity contribution in [3.8, 4) is 0 Å². The number of halogens is 1. The lowest BCUT2D eigenvalue weighted by molar-refractivity contribution is 0.148. The summed E-state index contributed by atoms with van der Waals surface area (Å²) in [5.74, 6) is 0. The van der Waals surface area contributed by atoms with Crippen LogP contribution in [0.2, 0.25) is 0 Å². The van der Waals surface area contributed by atoms with Crippen molar-refractivity contribution >= 4 is 32.3 Å². The Balaban J connectivity index is 1.78. The number of rotatable bonds is 3. The molecule has 0 bridgehead atoms. The molecule has 1 fully saturated rings. The van der Waals surface area contributed by atoms with Gasteiger partial charge in [-0.3, -0.25) is 4.90 Å². The Bertz CT molecular complexity index is 1020. The zero-order valence-corrected chi connectivity index (χ0v) is 14.1. The van der Waals surface area contributed by atoms with E-state index in [0.29, 0.717) is 0 Å². The molecule has 0 spiro atoms. The van der Waals surface area contributed by atoms with E-state index in [0.717, 1.165) is 31.7 Å². The molecule has 1 heterocycles. The average molecular weight is 332 g/mol. The van der Waals surface area contributed by atoms with Crippen LogP contribution in [0.5, 0.6) is 0 Å². The monoisotopic (exact) mass is 332 g/mol. The zero-order valence-electron chi connectivity index (χ0n) is 14.1. The maximum absolute atomic E-state index is 14.1. The Morgan fingerprint density at radius 2 is 1.48 bits per heavy atom. The molecule has 0 saturated carbocycles. The maximum Gasteiger partial charge on any atom is 0.109 e. The molecule has 5 rings (SSSR count). The highest BCUT2D eigenvalue weighted by molar-refractivity contribution is 6.23. The quantitative estimate of drug-likeness (QED) is 0.556. The van der Waals surface area contributed by atoms with Gasteiger partial charge < -0.3 is 5.32 Å². The summed E-state index contributed by atoms with van der Waals surface area (Å²) in [6.45, 7) is 3.32. The second-order valence-corrected chi connectivity index (χ2v) is 6.97. The van der Waals surface area contributed by atoms with Gasteiger partial charge in [0, 0.05) is 26.2 Å². The Morgan fingerprint density at radius 1 is 0.840 bits per heavy atom. The highest BCUT2D eigenvalue weighted by Crippen LogP contribution is 2.38. The van der Waals surface area contributed by atoms with E-state index in [9.17, 15) is 4.39 Å². The molecule has 1 aliphatic rings. The minimum absolute atomic E-state index is 0.160. The Hall–Kier alpha value is -2.23. The standard InChI is InChI=1S/C22H21FN2/c23-14-20(25-12-10-24-11-13-25)18-8-6-17-5-4-15-2-1-3-16-7-9-19(18)22(17)21(15)16/h1-9,20,24H,10-14H2/t20-/m1/s1. The molecule has 0 aliphatic carbocycles. The maximum atomic E-state index is 14.1. The molecule has 0 amide bonds. The highest BCUT2D eigenvalue weighted by Gasteiger charge is 2.24. The van der Waals surface area contributed by atoms with Crippen LogP contribution < -0.4 is 5.32 Å². The molecule has 3 heteroatoms. The van der Waals surface area contributed by atoms with Crippen LogP contribution in [-0.2, 0) is 0 Å². The Labute approximate surface area is 146 Å². The van der Waals surface area contributed by atoms with Gasteiger partial charge in [0.1, 0.15) is 6.67 Å². The van der Waals surface area contributed by atoms with Gasteiger partial charge in [0.05, 0.1) is 6.04 Å². The van der Waals surface area contributed by atoms with Gasteiger partial charge in [-0.15, -0.1) is 0 Å². The van der Waals surface area contributed by atoms with E-state index >= 15 is 0 Å². The molecule has 1 saturated heterocycles. The minimum atomic E-state index is -0.343. The second-order valence-electron chi connectivity index (χ2n) is 6.97. The fourth-order valence-electron chi connectivity index (χ4n) is 4.42. The predicted molar refractivity (Wildman–Crippen MR) is 103 cm³/mol. The van der Waals surface area contributed by atoms with E-state index in [1.54, 1.807) is 0 Å². The van der Waals surface area contributed by atoms with Crippen molar-refractivity contribution in [2.75, 3.05) is 32.9 Å². The third-order valence-electron chi connectivity index (χ3n) is 5.66. The lowest BCUT2D eigenvalue weighted by Gasteiger charge is -2.34. The highest BCUT2D eigenvalue weighted by atomic mass is 19.1. The normalized spacial score (nSPS) is 17.6. The molecular weight excluding hydrogens is 311 g/mol. The number of nitrogens with one attached hydrogen (secondary N) is 1. The molecule has 0 aromatic heterocycles. The molecule has 4 aromatic carbocycles. The molecule has 0 radical (unpaired) electrons. The van der Waals surface area contributed by atoms with E-state index in [4.69, 9.17) is 0 Å². The summed E-state index contributed by atoms with van der Waals surface area (Å²) in [6, 6.07) is 19.3. The van der Waals surface area contributed by atoms with Gasteiger partial charge in [-0.2, -0.15) is 0 Å². The summed E-state index contributed by atoms with van der Waals surface area (Å²) in [6.07, 6.45) is 0. The lowest BCUT2D eigenvalue weighted by atomic mass is 9.89. The summed E-state index contributed by atoms with van der Waals surface area (Å²) >= 11 is 0. The first-order valence-corrected chi connectivity index (χ1v) is 9.04. The number of nitrogens with zero attached hydrogens (tertiary/aromatic N) is 1. The van der Waals surface area contributed by atoms with Crippen molar-refractivity contribution in [1.29, 1.82) is 0 Å². The van der Waals surface area contributed by atoms with E-state index < -0.39 is 0 Å². The predicted octanol–water partition coefficient (Wildman–Crippen LogP) is 4.50. The fraction of sp³-hybridized carbons (Fsp3) is 0.273. The molecule has 126 valence electrons. The van der Waals surface area contributed by atoms with E-state index in [1.807, 2.05) is 0 Å². The molecule has 1 atom stereocenters. The number of piperazine rings is 1. The van der Waals surface area contributed by atoms with Crippen molar-refractivity contribution < 1.29 is 4.39 Å². The summed E-state index contributed by atoms with van der Waals surface area (Å²) in [5.41, 5.74) is 1.12. The smallest absolute Gasteiger partial charge is 0.109 e. The Morgan fingerprint density at radius 3 is 2.20 bits per heavy atom. The van der Waals surface area contributed by atoms with Gasteiger partial charge in [0.2, 0.25) is 0 Å². The molecule has 4 aromatic rings. The van der Waals surface area contributed by atoms with Gasteiger partial charge in [-0.25, -0.2) is 4.39 Å². The number of alkyl halides is 1. The number of benzene rings is 4. The lowest BCUT2D eigenvalue weighted by Crippen LogP contribution is -2.45. The van der Waals surface area contributed by atoms with E-state index in [1.165, 1.54) is 32.3 Å². The van der Waals surface area contributed by atoms with Gasteiger partial charge >= 0.3 is 0 Å². The largest absolute Gasteiger partial charge is 0.314 e. The van der Waals surface area contributed by atoms with Crippen LogP contribution in [0.15, 0.2) is 54.6 Å². The number of hydrogen-bond donors (Lipinski definition) is 1. The SMILES string of the molecule is FC[C@H](c1ccc2ccc3cccc4ccc1c2c34)N1CCNCC1. The van der Waals surface area contributed by atoms with Crippen molar-refractivity contribution in [2.45, 2.75) is 6.04 Å². The molecule has 1 aliphatic heterocycles. The van der Waals surface area contributed by atoms with Gasteiger partial charge in [0.25, 0.3) is 0 Å². The van der Waals surface area contributed by atoms with Crippen LogP contribution >= 0.6 is 0 Å². The fourth-order valence-corrected chi connectivity index (χ4v) is 4.42. The zero-order chi connectivity index (χ0) is 16.8. The molecule has 25 heavy (non-hydrogen) atoms. The Kier molecular flexibility index (Phi) is 3.58. The van der Waals surface area contributed by atoms with E-state index in [-0.39, 0.29) is 12.7 Å². The molecule has 2 nitrogen and oxygen atoms in total. The van der Waals surface area contributed by atoms with Crippen LogP contribution in [0.1, 0.15) is 11.6 Å². The first kappa shape index (κ1) is 15.1. The van der Waals surface area contributed by atoms with Gasteiger partial charge in [-0.1, -0.05) is 54.6 Å².